The third-order valence-corrected chi connectivity index (χ3v) is 2.80. The summed E-state index contributed by atoms with van der Waals surface area (Å²) >= 11 is -2.02. The molecule has 1 aliphatic rings. The average molecular weight is 220 g/mol. The molecule has 82 valence electrons. The van der Waals surface area contributed by atoms with Crippen molar-refractivity contribution >= 4 is 17.1 Å². The lowest BCUT2D eigenvalue weighted by Gasteiger charge is -2.32. The molecule has 1 rings (SSSR count). The molecule has 2 amide bonds. The molecule has 3 N–H and O–H groups in total. The lowest BCUT2D eigenvalue weighted by Crippen LogP contribution is -2.46. The molecular weight excluding hydrogens is 206 g/mol. The Morgan fingerprint density at radius 1 is 1.57 bits per heavy atom. The summed E-state index contributed by atoms with van der Waals surface area (Å²) in [5.41, 5.74) is 4.98. The molecule has 0 saturated carbocycles. The van der Waals surface area contributed by atoms with Crippen LogP contribution < -0.4 is 11.1 Å². The molecule has 7 heteroatoms. The first-order valence-corrected chi connectivity index (χ1v) is 5.66. The Labute approximate surface area is 85.1 Å². The highest BCUT2D eigenvalue weighted by Gasteiger charge is 2.19. The lowest BCUT2D eigenvalue weighted by atomic mass is 10.1. The topological polar surface area (TPSA) is 98.5 Å². The van der Waals surface area contributed by atoms with Gasteiger partial charge in [-0.2, -0.15) is 0 Å². The van der Waals surface area contributed by atoms with E-state index in [4.69, 9.17) is 5.73 Å². The Balaban J connectivity index is 2.24. The van der Waals surface area contributed by atoms with Crippen LogP contribution >= 0.6 is 0 Å². The summed E-state index contributed by atoms with van der Waals surface area (Å²) < 4.78 is 20.8. The normalized spacial score (nSPS) is 21.8. The molecule has 1 saturated heterocycles. The van der Waals surface area contributed by atoms with Gasteiger partial charge in [-0.15, -0.1) is 0 Å². The van der Waals surface area contributed by atoms with E-state index in [0.717, 1.165) is 12.8 Å². The third-order valence-electron chi connectivity index (χ3n) is 2.22. The van der Waals surface area contributed by atoms with Crippen molar-refractivity contribution in [2.45, 2.75) is 18.9 Å². The van der Waals surface area contributed by atoms with Gasteiger partial charge in [0.25, 0.3) is 0 Å². The molecule has 1 fully saturated rings. The summed E-state index contributed by atoms with van der Waals surface area (Å²) in [4.78, 5) is 12.4. The minimum Gasteiger partial charge on any atom is -0.771 e. The van der Waals surface area contributed by atoms with Crippen molar-refractivity contribution in [1.82, 2.24) is 10.2 Å². The van der Waals surface area contributed by atoms with Crippen LogP contribution in [0.5, 0.6) is 0 Å². The van der Waals surface area contributed by atoms with Crippen LogP contribution in [-0.2, 0) is 11.1 Å². The second kappa shape index (κ2) is 5.28. The molecule has 1 atom stereocenters. The zero-order valence-corrected chi connectivity index (χ0v) is 8.59. The van der Waals surface area contributed by atoms with Gasteiger partial charge in [0.1, 0.15) is 0 Å². The van der Waals surface area contributed by atoms with Gasteiger partial charge in [-0.3, -0.25) is 9.11 Å². The molecule has 0 spiro atoms. The van der Waals surface area contributed by atoms with E-state index in [2.05, 4.69) is 5.32 Å². The van der Waals surface area contributed by atoms with Crippen LogP contribution in [0.2, 0.25) is 0 Å². The first kappa shape index (κ1) is 11.4. The van der Waals surface area contributed by atoms with Crippen molar-refractivity contribution in [3.63, 3.8) is 0 Å². The van der Waals surface area contributed by atoms with Gasteiger partial charge in [0.05, 0.1) is 5.88 Å². The van der Waals surface area contributed by atoms with Crippen molar-refractivity contribution < 1.29 is 13.6 Å². The largest absolute Gasteiger partial charge is 0.771 e. The number of nitrogens with one attached hydrogen (secondary N) is 1. The fraction of sp³-hybridized carbons (Fsp3) is 0.857. The van der Waals surface area contributed by atoms with Crippen molar-refractivity contribution in [2.75, 3.05) is 19.0 Å². The zero-order valence-electron chi connectivity index (χ0n) is 7.77. The minimum atomic E-state index is -2.02. The van der Waals surface area contributed by atoms with Gasteiger partial charge in [-0.05, 0) is 23.9 Å². The average Bonchev–Trinajstić information content (AvgIpc) is 2.06. The minimum absolute atomic E-state index is 0.0727. The summed E-state index contributed by atoms with van der Waals surface area (Å²) in [5, 5.41) is 2.61. The second-order valence-electron chi connectivity index (χ2n) is 3.33. The molecule has 1 aliphatic heterocycles. The van der Waals surface area contributed by atoms with Crippen LogP contribution in [0.25, 0.3) is 0 Å². The number of likely N-dealkylation sites (tertiary alicyclic amines) is 1. The Morgan fingerprint density at radius 2 is 2.14 bits per heavy atom. The molecule has 0 aromatic rings. The number of hydrogen-bond acceptors (Lipinski definition) is 4. The van der Waals surface area contributed by atoms with Crippen LogP contribution in [0.15, 0.2) is 0 Å². The summed E-state index contributed by atoms with van der Waals surface area (Å²) in [7, 11) is 0. The number of amides is 2. The van der Waals surface area contributed by atoms with Crippen LogP contribution in [-0.4, -0.2) is 44.7 Å². The van der Waals surface area contributed by atoms with E-state index < -0.39 is 17.1 Å². The monoisotopic (exact) mass is 220 g/mol. The van der Waals surface area contributed by atoms with E-state index >= 15 is 0 Å². The summed E-state index contributed by atoms with van der Waals surface area (Å²) in [6.45, 7) is 1.36. The summed E-state index contributed by atoms with van der Waals surface area (Å²) in [6, 6.07) is -0.431. The number of nitrogens with zero attached hydrogens (tertiary/aromatic N) is 1. The molecule has 6 nitrogen and oxygen atoms in total. The standard InChI is InChI=1S/C7H15N3O3S/c8-7(11)9-6-1-3-10(4-2-6)5-14(12)13/h6H,1-5H2,(H,12,13)(H3,8,9,11)/p-1. The van der Waals surface area contributed by atoms with E-state index in [9.17, 15) is 13.6 Å². The maximum absolute atomic E-state index is 10.5. The number of nitrogens with two attached hydrogens (primary N) is 1. The third kappa shape index (κ3) is 4.03. The van der Waals surface area contributed by atoms with Gasteiger partial charge in [-0.25, -0.2) is 4.79 Å². The second-order valence-corrected chi connectivity index (χ2v) is 4.20. The molecule has 0 radical (unpaired) electrons. The first-order chi connectivity index (χ1) is 6.58. The van der Waals surface area contributed by atoms with E-state index in [1.54, 1.807) is 0 Å². The van der Waals surface area contributed by atoms with E-state index in [-0.39, 0.29) is 11.9 Å². The number of rotatable bonds is 3. The number of primary amides is 1. The number of carbonyl (C=O) groups is 1. The maximum atomic E-state index is 10.5. The van der Waals surface area contributed by atoms with Gasteiger partial charge in [0.15, 0.2) is 0 Å². The van der Waals surface area contributed by atoms with Crippen molar-refractivity contribution in [1.29, 1.82) is 0 Å². The predicted octanol–water partition coefficient (Wildman–Crippen LogP) is -1.04. The van der Waals surface area contributed by atoms with Crippen molar-refractivity contribution in [3.8, 4) is 0 Å². The van der Waals surface area contributed by atoms with E-state index in [1.807, 2.05) is 4.90 Å². The van der Waals surface area contributed by atoms with Crippen LogP contribution in [0.3, 0.4) is 0 Å². The molecule has 0 bridgehead atoms. The van der Waals surface area contributed by atoms with Crippen molar-refractivity contribution in [2.24, 2.45) is 5.73 Å². The van der Waals surface area contributed by atoms with E-state index in [1.165, 1.54) is 0 Å². The van der Waals surface area contributed by atoms with Crippen LogP contribution in [0.1, 0.15) is 12.8 Å². The van der Waals surface area contributed by atoms with Crippen LogP contribution in [0, 0.1) is 0 Å². The van der Waals surface area contributed by atoms with Gasteiger partial charge < -0.3 is 15.6 Å². The Hall–Kier alpha value is -0.660. The Bertz CT molecular complexity index is 204. The Morgan fingerprint density at radius 3 is 2.57 bits per heavy atom. The smallest absolute Gasteiger partial charge is 0.312 e. The maximum Gasteiger partial charge on any atom is 0.312 e. The zero-order chi connectivity index (χ0) is 10.6. The number of urea groups is 1. The summed E-state index contributed by atoms with van der Waals surface area (Å²) in [6.07, 6.45) is 1.50. The number of hydrogen-bond donors (Lipinski definition) is 2. The van der Waals surface area contributed by atoms with Crippen molar-refractivity contribution in [3.05, 3.63) is 0 Å². The molecule has 0 aliphatic carbocycles. The van der Waals surface area contributed by atoms with Crippen LogP contribution in [0.4, 0.5) is 4.79 Å². The highest BCUT2D eigenvalue weighted by atomic mass is 32.2. The first-order valence-electron chi connectivity index (χ1n) is 4.42. The molecule has 1 unspecified atom stereocenters. The SMILES string of the molecule is NC(=O)NC1CCN(CS(=O)[O-])CC1. The van der Waals surface area contributed by atoms with Gasteiger partial charge in [0.2, 0.25) is 0 Å². The lowest BCUT2D eigenvalue weighted by molar-refractivity contribution is 0.212. The molecule has 14 heavy (non-hydrogen) atoms. The van der Waals surface area contributed by atoms with Gasteiger partial charge in [0, 0.05) is 19.1 Å². The summed E-state index contributed by atoms with van der Waals surface area (Å²) in [5.74, 6) is 0.0727. The fourth-order valence-electron chi connectivity index (χ4n) is 1.56. The molecule has 0 aromatic heterocycles. The highest BCUT2D eigenvalue weighted by Crippen LogP contribution is 2.09. The molecule has 1 heterocycles. The molecular formula is C7H14N3O3S-. The predicted molar refractivity (Wildman–Crippen MR) is 51.1 cm³/mol. The Kier molecular flexibility index (Phi) is 4.30. The van der Waals surface area contributed by atoms with E-state index in [0.29, 0.717) is 13.1 Å². The quantitative estimate of drug-likeness (QED) is 0.593. The highest BCUT2D eigenvalue weighted by molar-refractivity contribution is 7.79. The fourth-order valence-corrected chi connectivity index (χ4v) is 2.11. The van der Waals surface area contributed by atoms with Gasteiger partial charge in [-0.1, -0.05) is 0 Å². The van der Waals surface area contributed by atoms with Gasteiger partial charge >= 0.3 is 6.03 Å². The number of carbonyl (C=O) groups excluding carboxylic acids is 1. The number of piperidine rings is 1. The molecule has 0 aromatic carbocycles.